The first-order chi connectivity index (χ1) is 30.4. The van der Waals surface area contributed by atoms with Gasteiger partial charge >= 0.3 is 0 Å². The normalized spacial score (nSPS) is 12.6. The number of ether oxygens (including phenoxy) is 1. The molecule has 8 bridgehead atoms. The Bertz CT molecular complexity index is 3460. The highest BCUT2D eigenvalue weighted by Gasteiger charge is 2.27. The van der Waals surface area contributed by atoms with Gasteiger partial charge in [0.15, 0.2) is 23.3 Å². The fraction of sp³-hybridized carbons (Fsp3) is 0.222. The summed E-state index contributed by atoms with van der Waals surface area (Å²) in [5.74, 6) is 3.29. The molecule has 10 heteroatoms. The molecule has 0 saturated heterocycles. The van der Waals surface area contributed by atoms with Crippen LogP contribution in [-0.4, -0.2) is 45.0 Å². The topological polar surface area (TPSA) is 138 Å². The maximum atomic E-state index is 10.5. The molecule has 0 unspecified atom stereocenters. The molecular formula is C54H50N8O2. The van der Waals surface area contributed by atoms with Gasteiger partial charge in [0.05, 0.1) is 0 Å². The van der Waals surface area contributed by atoms with Gasteiger partial charge in [0, 0.05) is 54.9 Å². The standard InChI is InChI=1S/C54H50N8O2/c1-12-28-23-43(29(13-2)22-42(28)63)64-33-17-21-37-41(27-33)51-61-46-36-20-16-32(54(9,10)11)26-40(36)49(59-46)57-44-34-18-14-30(52(3,4)5)24-38(34)48(55-44)56-45-35-19-15-31(53(6,7)8)25-39(35)50(58-45)60-47(37)62-51/h12-27,63H,1-2H2,3-11H3,(H2,55,56,57,58,59,60,61,62). The molecule has 2 aliphatic heterocycles. The Morgan fingerprint density at radius 3 is 1.36 bits per heavy atom. The Hall–Kier alpha value is -7.46. The van der Waals surface area contributed by atoms with Crippen LogP contribution in [0.15, 0.2) is 98.1 Å². The van der Waals surface area contributed by atoms with Gasteiger partial charge in [0.1, 0.15) is 39.8 Å². The number of rotatable bonds is 4. The first-order valence-electron chi connectivity index (χ1n) is 21.6. The number of nitrogens with zero attached hydrogens (tertiary/aromatic N) is 6. The van der Waals surface area contributed by atoms with Crippen molar-refractivity contribution < 1.29 is 9.84 Å². The Balaban J connectivity index is 1.32. The summed E-state index contributed by atoms with van der Waals surface area (Å²) in [7, 11) is 0. The minimum Gasteiger partial charge on any atom is -0.507 e. The third-order valence-electron chi connectivity index (χ3n) is 12.2. The van der Waals surface area contributed by atoms with E-state index in [1.165, 1.54) is 5.56 Å². The number of phenolic OH excluding ortho intramolecular Hbond substituents is 1. The van der Waals surface area contributed by atoms with E-state index < -0.39 is 0 Å². The van der Waals surface area contributed by atoms with Gasteiger partial charge in [-0.2, -0.15) is 0 Å². The van der Waals surface area contributed by atoms with Crippen molar-refractivity contribution in [1.82, 2.24) is 39.9 Å². The van der Waals surface area contributed by atoms with Gasteiger partial charge < -0.3 is 19.8 Å². The van der Waals surface area contributed by atoms with E-state index in [1.807, 2.05) is 18.2 Å². The Labute approximate surface area is 372 Å². The predicted molar refractivity (Wildman–Crippen MR) is 261 cm³/mol. The molecule has 8 aromatic rings. The average molecular weight is 843 g/mol. The highest BCUT2D eigenvalue weighted by atomic mass is 16.5. The van der Waals surface area contributed by atoms with E-state index in [2.05, 4.69) is 140 Å². The summed E-state index contributed by atoms with van der Waals surface area (Å²) in [6.45, 7) is 27.7. The number of aromatic amines is 2. The van der Waals surface area contributed by atoms with Crippen LogP contribution >= 0.6 is 0 Å². The molecule has 64 heavy (non-hydrogen) atoms. The van der Waals surface area contributed by atoms with Crippen molar-refractivity contribution in [2.45, 2.75) is 78.6 Å². The van der Waals surface area contributed by atoms with Crippen molar-refractivity contribution in [3.8, 4) is 62.8 Å². The molecule has 3 aromatic heterocycles. The number of H-pyrrole nitrogens is 2. The number of nitrogens with one attached hydrogen (secondary N) is 2. The van der Waals surface area contributed by atoms with Crippen LogP contribution in [0.4, 0.5) is 0 Å². The Kier molecular flexibility index (Phi) is 9.06. The van der Waals surface area contributed by atoms with Crippen LogP contribution in [0.25, 0.3) is 102 Å². The number of hydrogen-bond donors (Lipinski definition) is 3. The molecule has 5 heterocycles. The van der Waals surface area contributed by atoms with E-state index in [9.17, 15) is 5.11 Å². The third-order valence-corrected chi connectivity index (χ3v) is 12.2. The lowest BCUT2D eigenvalue weighted by Gasteiger charge is -2.19. The van der Waals surface area contributed by atoms with E-state index in [0.29, 0.717) is 68.5 Å². The number of aromatic nitrogens is 8. The molecular weight excluding hydrogens is 793 g/mol. The highest BCUT2D eigenvalue weighted by Crippen LogP contribution is 2.42. The predicted octanol–water partition coefficient (Wildman–Crippen LogP) is 13.5. The van der Waals surface area contributed by atoms with Crippen molar-refractivity contribution in [3.05, 3.63) is 126 Å². The molecule has 0 fully saturated rings. The second-order valence-electron chi connectivity index (χ2n) is 19.8. The lowest BCUT2D eigenvalue weighted by Crippen LogP contribution is -2.10. The zero-order valence-corrected chi connectivity index (χ0v) is 37.7. The molecule has 0 saturated carbocycles. The molecule has 3 N–H and O–H groups in total. The average Bonchev–Trinajstić information content (AvgIpc) is 3.97. The van der Waals surface area contributed by atoms with Crippen LogP contribution in [0.2, 0.25) is 0 Å². The van der Waals surface area contributed by atoms with Gasteiger partial charge in [-0.1, -0.05) is 124 Å². The van der Waals surface area contributed by atoms with Crippen LogP contribution in [0.5, 0.6) is 17.2 Å². The monoisotopic (exact) mass is 842 g/mol. The van der Waals surface area contributed by atoms with E-state index in [1.54, 1.807) is 24.3 Å². The second kappa shape index (κ2) is 14.3. The zero-order chi connectivity index (χ0) is 45.0. The van der Waals surface area contributed by atoms with E-state index in [0.717, 1.165) is 54.9 Å². The first-order valence-corrected chi connectivity index (χ1v) is 21.6. The van der Waals surface area contributed by atoms with Crippen molar-refractivity contribution in [3.63, 3.8) is 0 Å². The first kappa shape index (κ1) is 40.6. The summed E-state index contributed by atoms with van der Waals surface area (Å²) in [6, 6.07) is 28.5. The minimum absolute atomic E-state index is 0.0925. The molecule has 0 aliphatic carbocycles. The zero-order valence-electron chi connectivity index (χ0n) is 37.7. The van der Waals surface area contributed by atoms with Gasteiger partial charge in [-0.05, 0) is 81.5 Å². The van der Waals surface area contributed by atoms with Crippen LogP contribution < -0.4 is 4.74 Å². The van der Waals surface area contributed by atoms with Gasteiger partial charge in [0.2, 0.25) is 0 Å². The maximum Gasteiger partial charge on any atom is 0.164 e. The van der Waals surface area contributed by atoms with Crippen LogP contribution in [-0.2, 0) is 16.2 Å². The molecule has 10 rings (SSSR count). The van der Waals surface area contributed by atoms with Crippen molar-refractivity contribution >= 4 is 56.3 Å². The quantitative estimate of drug-likeness (QED) is 0.159. The maximum absolute atomic E-state index is 10.5. The lowest BCUT2D eigenvalue weighted by molar-refractivity contribution is 0.462. The van der Waals surface area contributed by atoms with Crippen LogP contribution in [0.1, 0.15) is 90.1 Å². The Morgan fingerprint density at radius 1 is 0.453 bits per heavy atom. The number of aromatic hydroxyl groups is 1. The summed E-state index contributed by atoms with van der Waals surface area (Å²) in [6.07, 6.45) is 3.23. The second-order valence-corrected chi connectivity index (χ2v) is 19.8. The largest absolute Gasteiger partial charge is 0.507 e. The molecule has 5 aromatic carbocycles. The number of fused-ring (bicyclic) bond motifs is 20. The Morgan fingerprint density at radius 2 is 0.875 bits per heavy atom. The summed E-state index contributed by atoms with van der Waals surface area (Å²) in [5, 5.41) is 14.0. The smallest absolute Gasteiger partial charge is 0.164 e. The van der Waals surface area contributed by atoms with Gasteiger partial charge in [-0.15, -0.1) is 0 Å². The van der Waals surface area contributed by atoms with Gasteiger partial charge in [-0.3, -0.25) is 0 Å². The third kappa shape index (κ3) is 6.90. The minimum atomic E-state index is -0.122. The van der Waals surface area contributed by atoms with Crippen LogP contribution in [0, 0.1) is 0 Å². The van der Waals surface area contributed by atoms with Crippen molar-refractivity contribution in [2.24, 2.45) is 0 Å². The van der Waals surface area contributed by atoms with Crippen molar-refractivity contribution in [1.29, 1.82) is 0 Å². The number of phenols is 1. The van der Waals surface area contributed by atoms with Gasteiger partial charge in [-0.25, -0.2) is 29.9 Å². The molecule has 0 atom stereocenters. The highest BCUT2D eigenvalue weighted by molar-refractivity contribution is 6.07. The summed E-state index contributed by atoms with van der Waals surface area (Å²) >= 11 is 0. The number of benzene rings is 5. The molecule has 0 spiro atoms. The van der Waals surface area contributed by atoms with E-state index >= 15 is 0 Å². The SMILES string of the molecule is C=Cc1cc(Oc2ccc3c4nc5nc(nc6[nH]c(nc7nc(nc([nH]4)c3c2)-c2ccc(C(C)(C)C)cc2-7)c2ccc(C(C)(C)C)cc62)-c2ccc(C(C)(C)C)cc2-5)c(C=C)cc1O. The molecule has 318 valence electrons. The summed E-state index contributed by atoms with van der Waals surface area (Å²) in [5.41, 5.74) is 10.3. The van der Waals surface area contributed by atoms with Crippen LogP contribution in [0.3, 0.4) is 0 Å². The van der Waals surface area contributed by atoms with E-state index in [-0.39, 0.29) is 22.0 Å². The fourth-order valence-electron chi connectivity index (χ4n) is 8.37. The molecule has 0 radical (unpaired) electrons. The van der Waals surface area contributed by atoms with Gasteiger partial charge in [0.25, 0.3) is 0 Å². The molecule has 0 amide bonds. The lowest BCUT2D eigenvalue weighted by atomic mass is 9.85. The molecule has 2 aliphatic rings. The molecule has 10 nitrogen and oxygen atoms in total. The fourth-order valence-corrected chi connectivity index (χ4v) is 8.37. The van der Waals surface area contributed by atoms with E-state index in [4.69, 9.17) is 34.6 Å². The summed E-state index contributed by atoms with van der Waals surface area (Å²) < 4.78 is 6.52. The number of hydrogen-bond acceptors (Lipinski definition) is 8. The summed E-state index contributed by atoms with van der Waals surface area (Å²) in [4.78, 5) is 38.8. The van der Waals surface area contributed by atoms with Crippen molar-refractivity contribution in [2.75, 3.05) is 0 Å².